The fourth-order valence-electron chi connectivity index (χ4n) is 1.85. The molecule has 0 radical (unpaired) electrons. The summed E-state index contributed by atoms with van der Waals surface area (Å²) in [5, 5.41) is 14.0. The Balaban J connectivity index is 1.69. The molecule has 0 spiro atoms. The number of nitrogens with one attached hydrogen (secondary N) is 2. The lowest BCUT2D eigenvalue weighted by Gasteiger charge is -2.04. The molecule has 3 rings (SSSR count). The number of nitrogens with zero attached hydrogens (tertiary/aromatic N) is 2. The molecule has 2 heterocycles. The molecule has 1 aromatic carbocycles. The van der Waals surface area contributed by atoms with E-state index >= 15 is 0 Å². The minimum absolute atomic E-state index is 0.750. The maximum Gasteiger partial charge on any atom is 0.134 e. The molecule has 0 amide bonds. The predicted molar refractivity (Wildman–Crippen MR) is 72.6 cm³/mol. The molecule has 0 aliphatic rings. The van der Waals surface area contributed by atoms with E-state index in [-0.39, 0.29) is 0 Å². The zero-order valence-corrected chi connectivity index (χ0v) is 10.6. The maximum absolute atomic E-state index is 5.07. The summed E-state index contributed by atoms with van der Waals surface area (Å²) >= 11 is 0. The van der Waals surface area contributed by atoms with Crippen LogP contribution >= 0.6 is 0 Å². The Bertz CT molecular complexity index is 640. The van der Waals surface area contributed by atoms with Gasteiger partial charge in [0.1, 0.15) is 17.3 Å². The smallest absolute Gasteiger partial charge is 0.134 e. The van der Waals surface area contributed by atoms with E-state index < -0.39 is 0 Å². The van der Waals surface area contributed by atoms with E-state index in [1.165, 1.54) is 5.56 Å². The van der Waals surface area contributed by atoms with E-state index in [9.17, 15) is 0 Å². The minimum atomic E-state index is 0.750. The molecule has 0 aliphatic carbocycles. The number of H-pyrrole nitrogens is 1. The molecule has 19 heavy (non-hydrogen) atoms. The first-order chi connectivity index (χ1) is 9.31. The van der Waals surface area contributed by atoms with Gasteiger partial charge in [0.25, 0.3) is 0 Å². The fourth-order valence-corrected chi connectivity index (χ4v) is 1.85. The van der Waals surface area contributed by atoms with Crippen LogP contribution in [0, 0.1) is 6.92 Å². The third-order valence-corrected chi connectivity index (χ3v) is 2.86. The van der Waals surface area contributed by atoms with Gasteiger partial charge in [0.15, 0.2) is 0 Å². The van der Waals surface area contributed by atoms with E-state index in [1.807, 2.05) is 31.2 Å². The Morgan fingerprint density at radius 3 is 2.68 bits per heavy atom. The Morgan fingerprint density at radius 1 is 1.21 bits per heavy atom. The zero-order chi connectivity index (χ0) is 13.1. The number of aryl methyl sites for hydroxylation is 1. The molecule has 0 unspecified atom stereocenters. The molecule has 0 bridgehead atoms. The SMILES string of the molecule is Cc1cc(-c2ccc(CNc3ccn[nH]3)cc2)no1. The van der Waals surface area contributed by atoms with E-state index in [2.05, 4.69) is 32.8 Å². The van der Waals surface area contributed by atoms with Crippen LogP contribution in [0.4, 0.5) is 5.82 Å². The Labute approximate surface area is 110 Å². The highest BCUT2D eigenvalue weighted by atomic mass is 16.5. The second-order valence-electron chi connectivity index (χ2n) is 4.34. The van der Waals surface area contributed by atoms with Gasteiger partial charge in [0.05, 0.1) is 6.20 Å². The van der Waals surface area contributed by atoms with Gasteiger partial charge < -0.3 is 9.84 Å². The number of rotatable bonds is 4. The number of anilines is 1. The lowest BCUT2D eigenvalue weighted by Crippen LogP contribution is -1.99. The van der Waals surface area contributed by atoms with Crippen molar-refractivity contribution < 1.29 is 4.52 Å². The molecule has 0 atom stereocenters. The van der Waals surface area contributed by atoms with Crippen LogP contribution in [-0.2, 0) is 6.54 Å². The molecule has 5 nitrogen and oxygen atoms in total. The van der Waals surface area contributed by atoms with Crippen molar-refractivity contribution in [1.82, 2.24) is 15.4 Å². The highest BCUT2D eigenvalue weighted by molar-refractivity contribution is 5.59. The number of hydrogen-bond acceptors (Lipinski definition) is 4. The summed E-state index contributed by atoms with van der Waals surface area (Å²) < 4.78 is 5.07. The van der Waals surface area contributed by atoms with Crippen LogP contribution < -0.4 is 5.32 Å². The first-order valence-corrected chi connectivity index (χ1v) is 6.07. The van der Waals surface area contributed by atoms with Crippen molar-refractivity contribution >= 4 is 5.82 Å². The second-order valence-corrected chi connectivity index (χ2v) is 4.34. The Hall–Kier alpha value is -2.56. The topological polar surface area (TPSA) is 66.7 Å². The fraction of sp³-hybridized carbons (Fsp3) is 0.143. The Kier molecular flexibility index (Phi) is 3.02. The largest absolute Gasteiger partial charge is 0.366 e. The van der Waals surface area contributed by atoms with Crippen molar-refractivity contribution in [1.29, 1.82) is 0 Å². The van der Waals surface area contributed by atoms with Gasteiger partial charge in [0, 0.05) is 18.2 Å². The van der Waals surface area contributed by atoms with Gasteiger partial charge in [-0.15, -0.1) is 0 Å². The Morgan fingerprint density at radius 2 is 2.05 bits per heavy atom. The third-order valence-electron chi connectivity index (χ3n) is 2.86. The van der Waals surface area contributed by atoms with Crippen molar-refractivity contribution in [3.8, 4) is 11.3 Å². The third kappa shape index (κ3) is 2.65. The summed E-state index contributed by atoms with van der Waals surface area (Å²) in [6.45, 7) is 2.64. The summed E-state index contributed by atoms with van der Waals surface area (Å²) in [5.74, 6) is 1.73. The summed E-state index contributed by atoms with van der Waals surface area (Å²) in [7, 11) is 0. The van der Waals surface area contributed by atoms with Crippen molar-refractivity contribution in [3.63, 3.8) is 0 Å². The van der Waals surface area contributed by atoms with Crippen molar-refractivity contribution in [3.05, 3.63) is 53.9 Å². The van der Waals surface area contributed by atoms with Crippen LogP contribution in [0.5, 0.6) is 0 Å². The number of benzene rings is 1. The van der Waals surface area contributed by atoms with E-state index in [0.717, 1.165) is 29.4 Å². The van der Waals surface area contributed by atoms with Crippen LogP contribution in [-0.4, -0.2) is 15.4 Å². The first-order valence-electron chi connectivity index (χ1n) is 6.07. The molecule has 0 aliphatic heterocycles. The lowest BCUT2D eigenvalue weighted by atomic mass is 10.1. The molecule has 0 fully saturated rings. The normalized spacial score (nSPS) is 10.6. The highest BCUT2D eigenvalue weighted by Crippen LogP contribution is 2.19. The maximum atomic E-state index is 5.07. The van der Waals surface area contributed by atoms with Gasteiger partial charge in [-0.2, -0.15) is 5.10 Å². The molecular weight excluding hydrogens is 240 g/mol. The molecule has 0 saturated heterocycles. The van der Waals surface area contributed by atoms with Gasteiger partial charge in [-0.25, -0.2) is 0 Å². The van der Waals surface area contributed by atoms with Gasteiger partial charge in [-0.3, -0.25) is 5.10 Å². The van der Waals surface area contributed by atoms with Gasteiger partial charge in [0.2, 0.25) is 0 Å². The molecular formula is C14H14N4O. The molecule has 96 valence electrons. The quantitative estimate of drug-likeness (QED) is 0.751. The zero-order valence-electron chi connectivity index (χ0n) is 10.6. The van der Waals surface area contributed by atoms with E-state index in [4.69, 9.17) is 4.52 Å². The first kappa shape index (κ1) is 11.5. The standard InChI is InChI=1S/C14H14N4O/c1-10-8-13(18-19-10)12-4-2-11(3-5-12)9-15-14-6-7-16-17-14/h2-8H,9H2,1H3,(H2,15,16,17). The monoisotopic (exact) mass is 254 g/mol. The predicted octanol–water partition coefficient (Wildman–Crippen LogP) is 2.99. The average molecular weight is 254 g/mol. The van der Waals surface area contributed by atoms with Gasteiger partial charge in [-0.05, 0) is 18.6 Å². The number of hydrogen-bond donors (Lipinski definition) is 2. The number of aromatic amines is 1. The van der Waals surface area contributed by atoms with Crippen LogP contribution in [0.15, 0.2) is 47.1 Å². The second kappa shape index (κ2) is 4.97. The summed E-state index contributed by atoms with van der Waals surface area (Å²) in [6, 6.07) is 12.1. The van der Waals surface area contributed by atoms with Crippen molar-refractivity contribution in [2.24, 2.45) is 0 Å². The van der Waals surface area contributed by atoms with Crippen LogP contribution in [0.25, 0.3) is 11.3 Å². The van der Waals surface area contributed by atoms with Crippen molar-refractivity contribution in [2.45, 2.75) is 13.5 Å². The summed E-state index contributed by atoms with van der Waals surface area (Å²) in [4.78, 5) is 0. The molecule has 5 heteroatoms. The molecule has 2 N–H and O–H groups in total. The lowest BCUT2D eigenvalue weighted by molar-refractivity contribution is 0.399. The summed E-state index contributed by atoms with van der Waals surface area (Å²) in [6.07, 6.45) is 1.72. The van der Waals surface area contributed by atoms with Crippen molar-refractivity contribution in [2.75, 3.05) is 5.32 Å². The van der Waals surface area contributed by atoms with Crippen LogP contribution in [0.3, 0.4) is 0 Å². The molecule has 3 aromatic rings. The summed E-state index contributed by atoms with van der Waals surface area (Å²) in [5.41, 5.74) is 3.12. The minimum Gasteiger partial charge on any atom is -0.366 e. The van der Waals surface area contributed by atoms with Crippen LogP contribution in [0.2, 0.25) is 0 Å². The van der Waals surface area contributed by atoms with Gasteiger partial charge in [-0.1, -0.05) is 29.4 Å². The highest BCUT2D eigenvalue weighted by Gasteiger charge is 2.03. The molecule has 0 saturated carbocycles. The average Bonchev–Trinajstić information content (AvgIpc) is 3.08. The van der Waals surface area contributed by atoms with Crippen LogP contribution in [0.1, 0.15) is 11.3 Å². The molecule has 2 aromatic heterocycles. The number of aromatic nitrogens is 3. The van der Waals surface area contributed by atoms with Gasteiger partial charge >= 0.3 is 0 Å². The van der Waals surface area contributed by atoms with E-state index in [1.54, 1.807) is 6.20 Å². The van der Waals surface area contributed by atoms with E-state index in [0.29, 0.717) is 0 Å².